The number of furan rings is 1. The molecule has 25 heavy (non-hydrogen) atoms. The largest absolute Gasteiger partial charge is 0.463 e. The first-order chi connectivity index (χ1) is 12.1. The van der Waals surface area contributed by atoms with E-state index in [0.29, 0.717) is 15.7 Å². The van der Waals surface area contributed by atoms with Crippen LogP contribution in [0.3, 0.4) is 0 Å². The number of quaternary nitrogens is 1. The summed E-state index contributed by atoms with van der Waals surface area (Å²) < 4.78 is 5.53. The smallest absolute Gasteiger partial charge is 0.279 e. The van der Waals surface area contributed by atoms with Crippen LogP contribution in [0, 0.1) is 0 Å². The van der Waals surface area contributed by atoms with Gasteiger partial charge in [-0.25, -0.2) is 0 Å². The predicted octanol–water partition coefficient (Wildman–Crippen LogP) is 3.88. The fraction of sp³-hybridized carbons (Fsp3) is 0.105. The Hall–Kier alpha value is -2.27. The Labute approximate surface area is 155 Å². The van der Waals surface area contributed by atoms with E-state index in [1.807, 2.05) is 47.8 Å². The normalized spacial score (nSPS) is 11.9. The van der Waals surface area contributed by atoms with Gasteiger partial charge in [0, 0.05) is 10.6 Å². The van der Waals surface area contributed by atoms with E-state index in [2.05, 4.69) is 5.32 Å². The van der Waals surface area contributed by atoms with Crippen LogP contribution in [0.5, 0.6) is 0 Å². The van der Waals surface area contributed by atoms with E-state index in [1.54, 1.807) is 24.5 Å². The van der Waals surface area contributed by atoms with Crippen LogP contribution in [-0.4, -0.2) is 12.5 Å². The lowest BCUT2D eigenvalue weighted by atomic mass is 10.0. The lowest BCUT2D eigenvalue weighted by molar-refractivity contribution is -0.678. The first-order valence-corrected chi connectivity index (χ1v) is 8.55. The summed E-state index contributed by atoms with van der Waals surface area (Å²) in [4.78, 5) is 12.3. The SMILES string of the molecule is O=C(C[NH2+][C@H](c1ccccc1)c1ccco1)Nc1cc(Cl)ccc1Cl. The molecule has 2 aromatic carbocycles. The van der Waals surface area contributed by atoms with Gasteiger partial charge >= 0.3 is 0 Å². The van der Waals surface area contributed by atoms with Gasteiger partial charge in [0.25, 0.3) is 5.91 Å². The molecule has 0 unspecified atom stereocenters. The number of anilines is 1. The van der Waals surface area contributed by atoms with Gasteiger partial charge in [0.05, 0.1) is 17.0 Å². The number of hydrogen-bond acceptors (Lipinski definition) is 2. The van der Waals surface area contributed by atoms with Crippen LogP contribution in [0.15, 0.2) is 71.3 Å². The van der Waals surface area contributed by atoms with Crippen LogP contribution >= 0.6 is 23.2 Å². The van der Waals surface area contributed by atoms with Crippen LogP contribution in [-0.2, 0) is 4.79 Å². The molecule has 0 radical (unpaired) electrons. The maximum absolute atomic E-state index is 12.3. The molecule has 0 bridgehead atoms. The quantitative estimate of drug-likeness (QED) is 0.686. The molecule has 1 atom stereocenters. The maximum atomic E-state index is 12.3. The van der Waals surface area contributed by atoms with Crippen molar-refractivity contribution in [3.8, 4) is 0 Å². The fourth-order valence-corrected chi connectivity index (χ4v) is 2.90. The molecule has 6 heteroatoms. The average Bonchev–Trinajstić information content (AvgIpc) is 3.14. The predicted molar refractivity (Wildman–Crippen MR) is 98.9 cm³/mol. The molecule has 0 aliphatic heterocycles. The Morgan fingerprint density at radius 2 is 1.88 bits per heavy atom. The minimum atomic E-state index is -0.170. The maximum Gasteiger partial charge on any atom is 0.279 e. The molecular formula is C19H17Cl2N2O2+. The topological polar surface area (TPSA) is 58.9 Å². The highest BCUT2D eigenvalue weighted by Gasteiger charge is 2.21. The second kappa shape index (κ2) is 8.21. The number of rotatable bonds is 6. The minimum absolute atomic E-state index is 0.100. The van der Waals surface area contributed by atoms with E-state index in [9.17, 15) is 4.79 Å². The molecule has 1 amide bonds. The van der Waals surface area contributed by atoms with E-state index >= 15 is 0 Å². The van der Waals surface area contributed by atoms with Gasteiger partial charge in [-0.1, -0.05) is 53.5 Å². The van der Waals surface area contributed by atoms with Crippen molar-refractivity contribution in [2.24, 2.45) is 0 Å². The molecule has 0 fully saturated rings. The third kappa shape index (κ3) is 4.63. The Balaban J connectivity index is 1.69. The molecule has 3 aromatic rings. The first-order valence-electron chi connectivity index (χ1n) is 7.80. The summed E-state index contributed by atoms with van der Waals surface area (Å²) in [6.45, 7) is 0.211. The average molecular weight is 376 g/mol. The van der Waals surface area contributed by atoms with Gasteiger partial charge in [-0.2, -0.15) is 0 Å². The number of nitrogens with one attached hydrogen (secondary N) is 1. The number of carbonyl (C=O) groups excluding carboxylic acids is 1. The van der Waals surface area contributed by atoms with Crippen molar-refractivity contribution in [1.82, 2.24) is 0 Å². The second-order valence-corrected chi connectivity index (χ2v) is 6.36. The summed E-state index contributed by atoms with van der Waals surface area (Å²) in [5.41, 5.74) is 1.56. The van der Waals surface area contributed by atoms with Crippen LogP contribution in [0.2, 0.25) is 10.0 Å². The lowest BCUT2D eigenvalue weighted by Crippen LogP contribution is -2.87. The van der Waals surface area contributed by atoms with Gasteiger partial charge < -0.3 is 15.1 Å². The molecule has 3 rings (SSSR count). The molecule has 4 nitrogen and oxygen atoms in total. The molecule has 1 aromatic heterocycles. The lowest BCUT2D eigenvalue weighted by Gasteiger charge is -2.14. The van der Waals surface area contributed by atoms with Gasteiger partial charge in [-0.05, 0) is 30.3 Å². The Bertz CT molecular complexity index is 836. The fourth-order valence-electron chi connectivity index (χ4n) is 2.56. The van der Waals surface area contributed by atoms with Crippen molar-refractivity contribution in [1.29, 1.82) is 0 Å². The van der Waals surface area contributed by atoms with Crippen LogP contribution in [0.25, 0.3) is 0 Å². The van der Waals surface area contributed by atoms with Crippen molar-refractivity contribution in [2.75, 3.05) is 11.9 Å². The summed E-state index contributed by atoms with van der Waals surface area (Å²) in [5.74, 6) is 0.622. The Morgan fingerprint density at radius 1 is 1.08 bits per heavy atom. The number of halogens is 2. The molecule has 128 valence electrons. The summed E-state index contributed by atoms with van der Waals surface area (Å²) in [6, 6.07) is 18.5. The second-order valence-electron chi connectivity index (χ2n) is 5.52. The molecule has 0 aliphatic carbocycles. The zero-order valence-corrected chi connectivity index (χ0v) is 14.8. The van der Waals surface area contributed by atoms with Crippen LogP contribution < -0.4 is 10.6 Å². The van der Waals surface area contributed by atoms with Crippen molar-refractivity contribution >= 4 is 34.8 Å². The van der Waals surface area contributed by atoms with Crippen LogP contribution in [0.1, 0.15) is 17.4 Å². The highest BCUT2D eigenvalue weighted by Crippen LogP contribution is 2.25. The van der Waals surface area contributed by atoms with E-state index in [0.717, 1.165) is 11.3 Å². The zero-order valence-electron chi connectivity index (χ0n) is 13.3. The molecule has 0 spiro atoms. The molecular weight excluding hydrogens is 359 g/mol. The van der Waals surface area contributed by atoms with E-state index in [4.69, 9.17) is 27.6 Å². The third-order valence-corrected chi connectivity index (χ3v) is 4.31. The number of nitrogens with two attached hydrogens (primary N) is 1. The number of hydrogen-bond donors (Lipinski definition) is 2. The van der Waals surface area contributed by atoms with Crippen molar-refractivity contribution in [3.63, 3.8) is 0 Å². The minimum Gasteiger partial charge on any atom is -0.463 e. The van der Waals surface area contributed by atoms with Gasteiger partial charge in [0.1, 0.15) is 0 Å². The Morgan fingerprint density at radius 3 is 2.60 bits per heavy atom. The van der Waals surface area contributed by atoms with Gasteiger partial charge in [-0.3, -0.25) is 4.79 Å². The Kier molecular flexibility index (Phi) is 5.76. The summed E-state index contributed by atoms with van der Waals surface area (Å²) >= 11 is 12.0. The first kappa shape index (κ1) is 17.5. The molecule has 1 heterocycles. The van der Waals surface area contributed by atoms with E-state index in [-0.39, 0.29) is 18.5 Å². The van der Waals surface area contributed by atoms with Crippen molar-refractivity contribution < 1.29 is 14.5 Å². The number of carbonyl (C=O) groups is 1. The van der Waals surface area contributed by atoms with Crippen molar-refractivity contribution in [3.05, 3.63) is 88.3 Å². The van der Waals surface area contributed by atoms with Gasteiger partial charge in [0.15, 0.2) is 18.3 Å². The van der Waals surface area contributed by atoms with Gasteiger partial charge in [0.2, 0.25) is 0 Å². The van der Waals surface area contributed by atoms with E-state index < -0.39 is 0 Å². The van der Waals surface area contributed by atoms with Gasteiger partial charge in [-0.15, -0.1) is 0 Å². The van der Waals surface area contributed by atoms with Crippen LogP contribution in [0.4, 0.5) is 5.69 Å². The van der Waals surface area contributed by atoms with Crippen molar-refractivity contribution in [2.45, 2.75) is 6.04 Å². The molecule has 3 N–H and O–H groups in total. The molecule has 0 saturated carbocycles. The standard InChI is InChI=1S/C19H16Cl2N2O2/c20-14-8-9-15(21)16(11-14)23-18(24)12-22-19(17-7-4-10-25-17)13-5-2-1-3-6-13/h1-11,19,22H,12H2,(H,23,24)/p+1/t19-/m1/s1. The number of amides is 1. The number of benzene rings is 2. The third-order valence-electron chi connectivity index (χ3n) is 3.75. The summed E-state index contributed by atoms with van der Waals surface area (Å²) in [5, 5.41) is 5.67. The zero-order chi connectivity index (χ0) is 17.6. The highest BCUT2D eigenvalue weighted by molar-refractivity contribution is 6.35. The highest BCUT2D eigenvalue weighted by atomic mass is 35.5. The van der Waals surface area contributed by atoms with E-state index in [1.165, 1.54) is 0 Å². The summed E-state index contributed by atoms with van der Waals surface area (Å²) in [6.07, 6.45) is 1.63. The molecule has 0 saturated heterocycles. The monoisotopic (exact) mass is 375 g/mol. The molecule has 0 aliphatic rings. The summed E-state index contributed by atoms with van der Waals surface area (Å²) in [7, 11) is 0.